The predicted octanol–water partition coefficient (Wildman–Crippen LogP) is 4.22. The zero-order valence-electron chi connectivity index (χ0n) is 10.9. The topological polar surface area (TPSA) is 58.3 Å². The molecule has 0 fully saturated rings. The number of phenols is 1. The first-order valence-corrected chi connectivity index (χ1v) is 6.99. The van der Waals surface area contributed by atoms with Crippen LogP contribution < -0.4 is 5.32 Å². The number of hydrogen-bond donors (Lipinski definition) is 2. The normalized spacial score (nSPS) is 10.9. The Hall–Kier alpha value is -2.01. The van der Waals surface area contributed by atoms with Crippen molar-refractivity contribution in [1.82, 2.24) is 4.98 Å². The van der Waals surface area contributed by atoms with Crippen LogP contribution in [0.2, 0.25) is 0 Å². The maximum atomic E-state index is 9.46. The quantitative estimate of drug-likeness (QED) is 0.754. The zero-order valence-corrected chi connectivity index (χ0v) is 12.4. The van der Waals surface area contributed by atoms with Gasteiger partial charge in [-0.05, 0) is 51.8 Å². The van der Waals surface area contributed by atoms with E-state index in [0.29, 0.717) is 16.9 Å². The zero-order chi connectivity index (χ0) is 14.1. The highest BCUT2D eigenvalue weighted by Crippen LogP contribution is 2.25. The third kappa shape index (κ3) is 2.63. The molecule has 0 amide bonds. The predicted molar refractivity (Wildman–Crippen MR) is 81.9 cm³/mol. The fourth-order valence-electron chi connectivity index (χ4n) is 2.02. The van der Waals surface area contributed by atoms with Crippen LogP contribution >= 0.6 is 15.9 Å². The number of oxazole rings is 1. The van der Waals surface area contributed by atoms with Crippen molar-refractivity contribution < 1.29 is 9.52 Å². The van der Waals surface area contributed by atoms with Gasteiger partial charge in [-0.25, -0.2) is 4.98 Å². The van der Waals surface area contributed by atoms with E-state index in [1.54, 1.807) is 6.07 Å². The van der Waals surface area contributed by atoms with Crippen LogP contribution in [0.5, 0.6) is 5.75 Å². The van der Waals surface area contributed by atoms with Gasteiger partial charge in [-0.1, -0.05) is 6.07 Å². The molecule has 4 nitrogen and oxygen atoms in total. The number of fused-ring (bicyclic) bond motifs is 1. The summed E-state index contributed by atoms with van der Waals surface area (Å²) in [5, 5.41) is 12.8. The molecule has 1 aromatic heterocycles. The molecule has 20 heavy (non-hydrogen) atoms. The Balaban J connectivity index is 1.77. The van der Waals surface area contributed by atoms with Crippen molar-refractivity contribution in [3.05, 3.63) is 52.3 Å². The highest BCUT2D eigenvalue weighted by molar-refractivity contribution is 9.10. The Morgan fingerprint density at radius 3 is 2.90 bits per heavy atom. The van der Waals surface area contributed by atoms with Crippen LogP contribution in [0.3, 0.4) is 0 Å². The number of halogens is 1. The molecule has 3 aromatic rings. The lowest BCUT2D eigenvalue weighted by atomic mass is 10.2. The van der Waals surface area contributed by atoms with Crippen LogP contribution in [0.4, 0.5) is 5.69 Å². The van der Waals surface area contributed by atoms with Gasteiger partial charge in [0.2, 0.25) is 0 Å². The molecule has 2 aromatic carbocycles. The van der Waals surface area contributed by atoms with E-state index in [2.05, 4.69) is 26.2 Å². The molecule has 0 aliphatic rings. The first-order valence-electron chi connectivity index (χ1n) is 6.20. The maximum Gasteiger partial charge on any atom is 0.192 e. The van der Waals surface area contributed by atoms with Crippen LogP contribution in [0, 0.1) is 6.92 Å². The van der Waals surface area contributed by atoms with E-state index in [-0.39, 0.29) is 5.75 Å². The summed E-state index contributed by atoms with van der Waals surface area (Å²) in [6, 6.07) is 11.3. The summed E-state index contributed by atoms with van der Waals surface area (Å²) in [5.74, 6) is 0.910. The van der Waals surface area contributed by atoms with Gasteiger partial charge in [0, 0.05) is 19.2 Å². The molecule has 0 unspecified atom stereocenters. The third-order valence-corrected chi connectivity index (χ3v) is 3.64. The summed E-state index contributed by atoms with van der Waals surface area (Å²) in [6.07, 6.45) is 0. The van der Waals surface area contributed by atoms with Crippen molar-refractivity contribution in [2.75, 3.05) is 5.32 Å². The number of hydrogen-bond acceptors (Lipinski definition) is 4. The van der Waals surface area contributed by atoms with Gasteiger partial charge in [-0.15, -0.1) is 0 Å². The summed E-state index contributed by atoms with van der Waals surface area (Å²) in [4.78, 5) is 4.31. The SMILES string of the molecule is Cc1nc2cc(NCc3ccc(O)c(Br)c3)ccc2o1. The van der Waals surface area contributed by atoms with E-state index in [4.69, 9.17) is 4.42 Å². The van der Waals surface area contributed by atoms with Gasteiger partial charge < -0.3 is 14.8 Å². The van der Waals surface area contributed by atoms with E-state index in [9.17, 15) is 5.11 Å². The molecule has 0 aliphatic carbocycles. The van der Waals surface area contributed by atoms with Gasteiger partial charge in [0.1, 0.15) is 11.3 Å². The molecule has 2 N–H and O–H groups in total. The van der Waals surface area contributed by atoms with E-state index >= 15 is 0 Å². The van der Waals surface area contributed by atoms with Crippen molar-refractivity contribution in [1.29, 1.82) is 0 Å². The van der Waals surface area contributed by atoms with Crippen LogP contribution in [-0.2, 0) is 6.54 Å². The molecular formula is C15H13BrN2O2. The molecule has 5 heteroatoms. The van der Waals surface area contributed by atoms with Gasteiger partial charge in [0.25, 0.3) is 0 Å². The van der Waals surface area contributed by atoms with Crippen molar-refractivity contribution in [3.8, 4) is 5.75 Å². The largest absolute Gasteiger partial charge is 0.507 e. The van der Waals surface area contributed by atoms with Gasteiger partial charge in [-0.3, -0.25) is 0 Å². The first-order chi connectivity index (χ1) is 9.61. The van der Waals surface area contributed by atoms with E-state index in [1.165, 1.54) is 0 Å². The highest BCUT2D eigenvalue weighted by Gasteiger charge is 2.04. The second-order valence-corrected chi connectivity index (χ2v) is 5.41. The second kappa shape index (κ2) is 5.17. The van der Waals surface area contributed by atoms with Crippen molar-refractivity contribution in [2.24, 2.45) is 0 Å². The van der Waals surface area contributed by atoms with Gasteiger partial charge in [0.15, 0.2) is 11.5 Å². The van der Waals surface area contributed by atoms with Crippen molar-refractivity contribution in [3.63, 3.8) is 0 Å². The molecule has 0 atom stereocenters. The number of aromatic hydroxyl groups is 1. The van der Waals surface area contributed by atoms with Crippen LogP contribution in [0.15, 0.2) is 45.3 Å². The Kier molecular flexibility index (Phi) is 3.36. The average Bonchev–Trinajstić information content (AvgIpc) is 2.79. The van der Waals surface area contributed by atoms with Crippen molar-refractivity contribution >= 4 is 32.7 Å². The molecule has 0 spiro atoms. The van der Waals surface area contributed by atoms with E-state index < -0.39 is 0 Å². The number of phenolic OH excluding ortho intramolecular Hbond substituents is 1. The maximum absolute atomic E-state index is 9.46. The lowest BCUT2D eigenvalue weighted by Crippen LogP contribution is -1.99. The third-order valence-electron chi connectivity index (χ3n) is 3.00. The molecule has 0 aliphatic heterocycles. The molecular weight excluding hydrogens is 320 g/mol. The molecule has 0 saturated heterocycles. The number of nitrogens with one attached hydrogen (secondary N) is 1. The number of rotatable bonds is 3. The monoisotopic (exact) mass is 332 g/mol. The summed E-state index contributed by atoms with van der Waals surface area (Å²) >= 11 is 3.31. The molecule has 1 heterocycles. The summed E-state index contributed by atoms with van der Waals surface area (Å²) in [5.41, 5.74) is 3.70. The average molecular weight is 333 g/mol. The Morgan fingerprint density at radius 1 is 1.25 bits per heavy atom. The number of aryl methyl sites for hydroxylation is 1. The van der Waals surface area contributed by atoms with Gasteiger partial charge in [-0.2, -0.15) is 0 Å². The van der Waals surface area contributed by atoms with Crippen LogP contribution in [0.25, 0.3) is 11.1 Å². The van der Waals surface area contributed by atoms with Crippen LogP contribution in [-0.4, -0.2) is 10.1 Å². The molecule has 3 rings (SSSR count). The fourth-order valence-corrected chi connectivity index (χ4v) is 2.44. The minimum Gasteiger partial charge on any atom is -0.507 e. The van der Waals surface area contributed by atoms with Gasteiger partial charge in [0.05, 0.1) is 4.47 Å². The first kappa shape index (κ1) is 13.0. The lowest BCUT2D eigenvalue weighted by Gasteiger charge is -2.07. The fraction of sp³-hybridized carbons (Fsp3) is 0.133. The second-order valence-electron chi connectivity index (χ2n) is 4.55. The number of benzene rings is 2. The lowest BCUT2D eigenvalue weighted by molar-refractivity contribution is 0.471. The van der Waals surface area contributed by atoms with E-state index in [1.807, 2.05) is 37.3 Å². The number of aromatic nitrogens is 1. The highest BCUT2D eigenvalue weighted by atomic mass is 79.9. The minimum absolute atomic E-state index is 0.244. The summed E-state index contributed by atoms with van der Waals surface area (Å²) < 4.78 is 6.14. The van der Waals surface area contributed by atoms with Crippen LogP contribution in [0.1, 0.15) is 11.5 Å². The Labute approximate surface area is 124 Å². The smallest absolute Gasteiger partial charge is 0.192 e. The molecule has 0 radical (unpaired) electrons. The van der Waals surface area contributed by atoms with Gasteiger partial charge >= 0.3 is 0 Å². The Bertz CT molecular complexity index is 768. The molecule has 0 bridgehead atoms. The Morgan fingerprint density at radius 2 is 2.10 bits per heavy atom. The number of anilines is 1. The summed E-state index contributed by atoms with van der Waals surface area (Å²) in [6.45, 7) is 2.50. The molecule has 0 saturated carbocycles. The molecule has 102 valence electrons. The van der Waals surface area contributed by atoms with Crippen molar-refractivity contribution in [2.45, 2.75) is 13.5 Å². The van der Waals surface area contributed by atoms with E-state index in [0.717, 1.165) is 22.4 Å². The number of nitrogens with zero attached hydrogens (tertiary/aromatic N) is 1. The minimum atomic E-state index is 0.244. The summed E-state index contributed by atoms with van der Waals surface area (Å²) in [7, 11) is 0. The standard InChI is InChI=1S/C15H13BrN2O2/c1-9-18-13-7-11(3-5-15(13)20-9)17-8-10-2-4-14(19)12(16)6-10/h2-7,17,19H,8H2,1H3.